The summed E-state index contributed by atoms with van der Waals surface area (Å²) in [6.45, 7) is 7.44. The zero-order valence-corrected chi connectivity index (χ0v) is 14.4. The molecule has 0 amide bonds. The Morgan fingerprint density at radius 1 is 1.22 bits per heavy atom. The van der Waals surface area contributed by atoms with Crippen molar-refractivity contribution in [1.29, 1.82) is 0 Å². The molecule has 0 aliphatic carbocycles. The van der Waals surface area contributed by atoms with Gasteiger partial charge >= 0.3 is 41.9 Å². The SMILES string of the molecule is Cc1[c-]c(C(=O)OC(C)(C)C)ccc1.[Cl-].[Cl-].[Li+].[Mg+2]. The number of ether oxygens (including phenoxy) is 1. The second-order valence-corrected chi connectivity index (χ2v) is 4.25. The van der Waals surface area contributed by atoms with Gasteiger partial charge in [0.1, 0.15) is 0 Å². The molecule has 0 aliphatic rings. The molecule has 2 nitrogen and oxygen atoms in total. The number of hydrogen-bond donors (Lipinski definition) is 0. The van der Waals surface area contributed by atoms with Gasteiger partial charge in [-0.15, -0.1) is 29.8 Å². The van der Waals surface area contributed by atoms with E-state index in [0.717, 1.165) is 5.56 Å². The van der Waals surface area contributed by atoms with Crippen LogP contribution in [0.5, 0.6) is 0 Å². The van der Waals surface area contributed by atoms with Crippen LogP contribution < -0.4 is 43.7 Å². The van der Waals surface area contributed by atoms with Crippen LogP contribution in [0.1, 0.15) is 36.7 Å². The molecule has 6 heteroatoms. The zero-order valence-electron chi connectivity index (χ0n) is 11.5. The molecule has 0 unspecified atom stereocenters. The van der Waals surface area contributed by atoms with Crippen LogP contribution in [0.3, 0.4) is 0 Å². The molecule has 0 N–H and O–H groups in total. The van der Waals surface area contributed by atoms with Crippen molar-refractivity contribution in [3.63, 3.8) is 0 Å². The number of rotatable bonds is 1. The predicted octanol–water partition coefficient (Wildman–Crippen LogP) is -6.62. The van der Waals surface area contributed by atoms with E-state index in [1.54, 1.807) is 6.07 Å². The Kier molecular flexibility index (Phi) is 17.2. The van der Waals surface area contributed by atoms with Gasteiger partial charge < -0.3 is 34.3 Å². The van der Waals surface area contributed by atoms with Gasteiger partial charge in [0.15, 0.2) is 0 Å². The van der Waals surface area contributed by atoms with Gasteiger partial charge in [-0.3, -0.25) is 0 Å². The van der Waals surface area contributed by atoms with Crippen molar-refractivity contribution in [2.75, 3.05) is 0 Å². The molecule has 0 radical (unpaired) electrons. The zero-order chi connectivity index (χ0) is 10.8. The summed E-state index contributed by atoms with van der Waals surface area (Å²) < 4.78 is 5.21. The average molecular weight is 293 g/mol. The smallest absolute Gasteiger partial charge is 1.00 e. The monoisotopic (exact) mass is 292 g/mol. The van der Waals surface area contributed by atoms with Crippen LogP contribution in [-0.4, -0.2) is 34.6 Å². The molecule has 1 aromatic rings. The van der Waals surface area contributed by atoms with Gasteiger partial charge in [-0.1, -0.05) is 12.5 Å². The number of halogens is 2. The maximum atomic E-state index is 11.6. The Hall–Kier alpha value is 0.634. The number of benzene rings is 1. The minimum Gasteiger partial charge on any atom is -1.00 e. The van der Waals surface area contributed by atoms with Crippen LogP contribution >= 0.6 is 0 Å². The Morgan fingerprint density at radius 2 is 1.72 bits per heavy atom. The predicted molar refractivity (Wildman–Crippen MR) is 60.9 cm³/mol. The molecule has 0 saturated carbocycles. The van der Waals surface area contributed by atoms with E-state index in [1.807, 2.05) is 39.8 Å². The fourth-order valence-electron chi connectivity index (χ4n) is 1.04. The third-order valence-corrected chi connectivity index (χ3v) is 1.56. The Labute approximate surface area is 150 Å². The Balaban J connectivity index is -0.000000245. The first-order chi connectivity index (χ1) is 6.38. The van der Waals surface area contributed by atoms with Crippen molar-refractivity contribution >= 4 is 29.0 Å². The number of hydrogen-bond acceptors (Lipinski definition) is 2. The van der Waals surface area contributed by atoms with Crippen LogP contribution in [0.25, 0.3) is 0 Å². The molecular weight excluding hydrogens is 278 g/mol. The number of carbonyl (C=O) groups excluding carboxylic acids is 1. The summed E-state index contributed by atoms with van der Waals surface area (Å²) in [6.07, 6.45) is 0. The standard InChI is InChI=1S/C12H15O2.2ClH.Li.Mg/c1-9-6-5-7-10(8-9)11(13)14-12(2,3)4;;;;/h5-7H,1-4H3;2*1H;;/q-1;;;+1;+2/p-2. The summed E-state index contributed by atoms with van der Waals surface area (Å²) in [5.74, 6) is -0.318. The van der Waals surface area contributed by atoms with Crippen molar-refractivity contribution in [2.24, 2.45) is 0 Å². The summed E-state index contributed by atoms with van der Waals surface area (Å²) in [6, 6.07) is 8.39. The molecule has 0 fully saturated rings. The summed E-state index contributed by atoms with van der Waals surface area (Å²) in [5.41, 5.74) is 0.975. The normalized spacial score (nSPS) is 8.67. The summed E-state index contributed by atoms with van der Waals surface area (Å²) in [4.78, 5) is 11.6. The first kappa shape index (κ1) is 27.1. The van der Waals surface area contributed by atoms with Gasteiger partial charge in [0, 0.05) is 0 Å². The molecule has 0 atom stereocenters. The van der Waals surface area contributed by atoms with Crippen LogP contribution in [0.15, 0.2) is 18.2 Å². The van der Waals surface area contributed by atoms with Gasteiger partial charge in [-0.2, -0.15) is 0 Å². The van der Waals surface area contributed by atoms with Gasteiger partial charge in [-0.25, -0.2) is 0 Å². The molecule has 18 heavy (non-hydrogen) atoms. The first-order valence-electron chi connectivity index (χ1n) is 4.61. The second kappa shape index (κ2) is 11.5. The van der Waals surface area contributed by atoms with E-state index in [4.69, 9.17) is 4.74 Å². The van der Waals surface area contributed by atoms with Gasteiger partial charge in [0.05, 0.1) is 5.60 Å². The molecule has 92 valence electrons. The van der Waals surface area contributed by atoms with Gasteiger partial charge in [0.25, 0.3) is 5.97 Å². The van der Waals surface area contributed by atoms with Gasteiger partial charge in [-0.05, 0) is 20.8 Å². The van der Waals surface area contributed by atoms with E-state index in [0.29, 0.717) is 5.56 Å². The maximum Gasteiger partial charge on any atom is 2.00 e. The summed E-state index contributed by atoms with van der Waals surface area (Å²) in [5, 5.41) is 0. The van der Waals surface area contributed by atoms with Crippen LogP contribution in [0.2, 0.25) is 0 Å². The molecule has 0 bridgehead atoms. The number of esters is 1. The summed E-state index contributed by atoms with van der Waals surface area (Å²) >= 11 is 0. The van der Waals surface area contributed by atoms with Crippen molar-refractivity contribution in [3.8, 4) is 0 Å². The van der Waals surface area contributed by atoms with Gasteiger partial charge in [0.2, 0.25) is 0 Å². The van der Waals surface area contributed by atoms with E-state index < -0.39 is 5.60 Å². The van der Waals surface area contributed by atoms with E-state index in [2.05, 4.69) is 6.07 Å². The van der Waals surface area contributed by atoms with E-state index >= 15 is 0 Å². The Bertz CT molecular complexity index is 354. The topological polar surface area (TPSA) is 26.3 Å². The third kappa shape index (κ3) is 10.5. The Morgan fingerprint density at radius 3 is 2.11 bits per heavy atom. The molecule has 0 heterocycles. The molecule has 0 spiro atoms. The van der Waals surface area contributed by atoms with Crippen molar-refractivity contribution in [3.05, 3.63) is 35.4 Å². The number of carbonyl (C=O) groups is 1. The molecule has 0 aliphatic heterocycles. The van der Waals surface area contributed by atoms with E-state index in [9.17, 15) is 4.79 Å². The quantitative estimate of drug-likeness (QED) is 0.292. The molecular formula is C12H15Cl2LiMgO2. The first-order valence-corrected chi connectivity index (χ1v) is 4.61. The maximum absolute atomic E-state index is 11.6. The minimum absolute atomic E-state index is 0. The molecule has 0 aromatic heterocycles. The molecule has 0 saturated heterocycles. The third-order valence-electron chi connectivity index (χ3n) is 1.56. The second-order valence-electron chi connectivity index (χ2n) is 4.25. The van der Waals surface area contributed by atoms with Crippen LogP contribution in [0.4, 0.5) is 0 Å². The summed E-state index contributed by atoms with van der Waals surface area (Å²) in [7, 11) is 0. The molecule has 1 aromatic carbocycles. The fraction of sp³-hybridized carbons (Fsp3) is 0.417. The number of aryl methyl sites for hydroxylation is 1. The van der Waals surface area contributed by atoms with Crippen molar-refractivity contribution < 1.29 is 53.2 Å². The van der Waals surface area contributed by atoms with Crippen molar-refractivity contribution in [2.45, 2.75) is 33.3 Å². The van der Waals surface area contributed by atoms with Crippen molar-refractivity contribution in [1.82, 2.24) is 0 Å². The molecule has 1 rings (SSSR count). The van der Waals surface area contributed by atoms with E-state index in [1.165, 1.54) is 0 Å². The minimum atomic E-state index is -0.450. The van der Waals surface area contributed by atoms with Crippen LogP contribution in [-0.2, 0) is 4.74 Å². The van der Waals surface area contributed by atoms with Crippen LogP contribution in [0, 0.1) is 13.0 Å². The van der Waals surface area contributed by atoms with E-state index in [-0.39, 0.29) is 72.7 Å². The average Bonchev–Trinajstić information content (AvgIpc) is 2.01. The largest absolute Gasteiger partial charge is 2.00 e. The fourth-order valence-corrected chi connectivity index (χ4v) is 1.04.